The van der Waals surface area contributed by atoms with Gasteiger partial charge in [0.15, 0.2) is 0 Å². The van der Waals surface area contributed by atoms with Crippen LogP contribution in [0.5, 0.6) is 0 Å². The third-order valence-electron chi connectivity index (χ3n) is 1.62. The topological polar surface area (TPSA) is 63.3 Å². The van der Waals surface area contributed by atoms with E-state index in [1.807, 2.05) is 30.3 Å². The Balaban J connectivity index is 0.00000144. The molecular formula is C9H11NO2Y. The zero-order valence-electron chi connectivity index (χ0n) is 7.18. The molecule has 1 atom stereocenters. The van der Waals surface area contributed by atoms with Crippen molar-refractivity contribution in [2.24, 2.45) is 5.73 Å². The molecule has 0 heterocycles. The van der Waals surface area contributed by atoms with Crippen LogP contribution in [-0.2, 0) is 43.9 Å². The molecule has 0 fully saturated rings. The van der Waals surface area contributed by atoms with Crippen molar-refractivity contribution in [2.75, 3.05) is 0 Å². The molecule has 3 N–H and O–H groups in total. The van der Waals surface area contributed by atoms with E-state index in [-0.39, 0.29) is 32.7 Å². The van der Waals surface area contributed by atoms with Crippen molar-refractivity contribution in [1.82, 2.24) is 0 Å². The minimum Gasteiger partial charge on any atom is -0.480 e. The maximum absolute atomic E-state index is 10.4. The zero-order valence-corrected chi connectivity index (χ0v) is 10.0. The van der Waals surface area contributed by atoms with Crippen LogP contribution in [0.2, 0.25) is 0 Å². The number of carboxylic acids is 1. The summed E-state index contributed by atoms with van der Waals surface area (Å²) in [5.74, 6) is -0.959. The number of carboxylic acid groups (broad SMARTS) is 1. The number of rotatable bonds is 3. The predicted octanol–water partition coefficient (Wildman–Crippen LogP) is 0.639. The average molecular weight is 254 g/mol. The number of nitrogens with two attached hydrogens (primary N) is 1. The van der Waals surface area contributed by atoms with Gasteiger partial charge in [0.05, 0.1) is 0 Å². The van der Waals surface area contributed by atoms with Crippen LogP contribution in [0.25, 0.3) is 0 Å². The van der Waals surface area contributed by atoms with Crippen molar-refractivity contribution < 1.29 is 42.6 Å². The Kier molecular flexibility index (Phi) is 6.13. The molecule has 0 amide bonds. The van der Waals surface area contributed by atoms with Gasteiger partial charge in [-0.05, 0) is 12.0 Å². The van der Waals surface area contributed by atoms with Gasteiger partial charge >= 0.3 is 5.97 Å². The van der Waals surface area contributed by atoms with Crippen LogP contribution in [-0.4, -0.2) is 17.1 Å². The van der Waals surface area contributed by atoms with Gasteiger partial charge in [-0.2, -0.15) is 0 Å². The molecule has 1 radical (unpaired) electrons. The molecule has 13 heavy (non-hydrogen) atoms. The van der Waals surface area contributed by atoms with Crippen LogP contribution in [0, 0.1) is 0 Å². The molecule has 1 aromatic carbocycles. The number of aliphatic carboxylic acids is 1. The first kappa shape index (κ1) is 12.8. The van der Waals surface area contributed by atoms with Crippen molar-refractivity contribution in [1.29, 1.82) is 0 Å². The SMILES string of the molecule is N[C@@H](Cc1ccccc1)C(=O)O.[Y]. The molecule has 67 valence electrons. The van der Waals surface area contributed by atoms with Gasteiger partial charge in [0.1, 0.15) is 6.04 Å². The summed E-state index contributed by atoms with van der Waals surface area (Å²) in [5, 5.41) is 8.52. The second kappa shape index (κ2) is 6.24. The fourth-order valence-corrected chi connectivity index (χ4v) is 0.955. The molecule has 0 aliphatic heterocycles. The van der Waals surface area contributed by atoms with E-state index in [2.05, 4.69) is 0 Å². The summed E-state index contributed by atoms with van der Waals surface area (Å²) in [7, 11) is 0. The summed E-state index contributed by atoms with van der Waals surface area (Å²) in [5.41, 5.74) is 6.30. The minimum atomic E-state index is -0.959. The second-order valence-corrected chi connectivity index (χ2v) is 2.63. The van der Waals surface area contributed by atoms with Crippen LogP contribution in [0.4, 0.5) is 0 Å². The maximum atomic E-state index is 10.4. The number of hydrogen-bond donors (Lipinski definition) is 2. The van der Waals surface area contributed by atoms with Crippen LogP contribution < -0.4 is 5.73 Å². The summed E-state index contributed by atoms with van der Waals surface area (Å²) >= 11 is 0. The third-order valence-corrected chi connectivity index (χ3v) is 1.62. The normalized spacial score (nSPS) is 11.5. The van der Waals surface area contributed by atoms with Gasteiger partial charge in [0.25, 0.3) is 0 Å². The molecule has 0 bridgehead atoms. The molecule has 3 nitrogen and oxygen atoms in total. The van der Waals surface area contributed by atoms with Crippen LogP contribution >= 0.6 is 0 Å². The van der Waals surface area contributed by atoms with Gasteiger partial charge < -0.3 is 10.8 Å². The second-order valence-electron chi connectivity index (χ2n) is 2.63. The van der Waals surface area contributed by atoms with E-state index in [4.69, 9.17) is 10.8 Å². The molecule has 0 spiro atoms. The van der Waals surface area contributed by atoms with Crippen molar-refractivity contribution in [3.05, 3.63) is 35.9 Å². The molecule has 4 heteroatoms. The molecule has 1 rings (SSSR count). The van der Waals surface area contributed by atoms with Gasteiger partial charge in [-0.3, -0.25) is 4.79 Å². The summed E-state index contributed by atoms with van der Waals surface area (Å²) in [6.45, 7) is 0. The van der Waals surface area contributed by atoms with E-state index in [0.29, 0.717) is 6.42 Å². The van der Waals surface area contributed by atoms with Gasteiger partial charge in [-0.15, -0.1) is 0 Å². The van der Waals surface area contributed by atoms with Gasteiger partial charge in [-0.1, -0.05) is 30.3 Å². The summed E-state index contributed by atoms with van der Waals surface area (Å²) in [4.78, 5) is 10.4. The first-order valence-corrected chi connectivity index (χ1v) is 3.72. The van der Waals surface area contributed by atoms with E-state index in [1.165, 1.54) is 0 Å². The number of benzene rings is 1. The fourth-order valence-electron chi connectivity index (χ4n) is 0.955. The fraction of sp³-hybridized carbons (Fsp3) is 0.222. The van der Waals surface area contributed by atoms with E-state index in [9.17, 15) is 4.79 Å². The number of hydrogen-bond acceptors (Lipinski definition) is 2. The van der Waals surface area contributed by atoms with Crippen LogP contribution in [0.15, 0.2) is 30.3 Å². The van der Waals surface area contributed by atoms with E-state index >= 15 is 0 Å². The molecule has 0 unspecified atom stereocenters. The predicted molar refractivity (Wildman–Crippen MR) is 45.8 cm³/mol. The van der Waals surface area contributed by atoms with E-state index < -0.39 is 12.0 Å². The Bertz CT molecular complexity index is 264. The van der Waals surface area contributed by atoms with Crippen molar-refractivity contribution in [3.8, 4) is 0 Å². The molecule has 0 aliphatic carbocycles. The van der Waals surface area contributed by atoms with Gasteiger partial charge in [0, 0.05) is 32.7 Å². The minimum absolute atomic E-state index is 0. The maximum Gasteiger partial charge on any atom is 0.320 e. The number of carbonyl (C=O) groups is 1. The third kappa shape index (κ3) is 4.51. The van der Waals surface area contributed by atoms with Crippen molar-refractivity contribution in [3.63, 3.8) is 0 Å². The largest absolute Gasteiger partial charge is 0.480 e. The zero-order chi connectivity index (χ0) is 8.97. The van der Waals surface area contributed by atoms with Crippen molar-refractivity contribution >= 4 is 5.97 Å². The molecular weight excluding hydrogens is 243 g/mol. The first-order chi connectivity index (χ1) is 5.70. The summed E-state index contributed by atoms with van der Waals surface area (Å²) in [6.07, 6.45) is 0.385. The average Bonchev–Trinajstić information content (AvgIpc) is 2.06. The summed E-state index contributed by atoms with van der Waals surface area (Å²) in [6, 6.07) is 8.54. The van der Waals surface area contributed by atoms with E-state index in [1.54, 1.807) is 0 Å². The standard InChI is InChI=1S/C9H11NO2.Y/c10-8(9(11)12)6-7-4-2-1-3-5-7;/h1-5,8H,6,10H2,(H,11,12);/t8-;/m0./s1. The first-order valence-electron chi connectivity index (χ1n) is 3.72. The Morgan fingerprint density at radius 2 is 1.92 bits per heavy atom. The van der Waals surface area contributed by atoms with Gasteiger partial charge in [0.2, 0.25) is 0 Å². The molecule has 0 aliphatic rings. The van der Waals surface area contributed by atoms with E-state index in [0.717, 1.165) is 5.56 Å². The molecule has 1 aromatic rings. The van der Waals surface area contributed by atoms with Crippen molar-refractivity contribution in [2.45, 2.75) is 12.5 Å². The van der Waals surface area contributed by atoms with Crippen LogP contribution in [0.3, 0.4) is 0 Å². The smallest absolute Gasteiger partial charge is 0.320 e. The summed E-state index contributed by atoms with van der Waals surface area (Å²) < 4.78 is 0. The van der Waals surface area contributed by atoms with Crippen LogP contribution in [0.1, 0.15) is 5.56 Å². The molecule has 0 saturated carbocycles. The Morgan fingerprint density at radius 3 is 2.38 bits per heavy atom. The Labute approximate surface area is 102 Å². The molecule has 0 saturated heterocycles. The Hall–Kier alpha value is -0.246. The van der Waals surface area contributed by atoms with Gasteiger partial charge in [-0.25, -0.2) is 0 Å². The molecule has 0 aromatic heterocycles. The quantitative estimate of drug-likeness (QED) is 0.831. The Morgan fingerprint density at radius 1 is 1.38 bits per heavy atom. The monoisotopic (exact) mass is 254 g/mol.